The number of sulfonamides is 1. The predicted molar refractivity (Wildman–Crippen MR) is 129 cm³/mol. The van der Waals surface area contributed by atoms with E-state index >= 15 is 0 Å². The largest absolute Gasteiger partial charge is 0.465 e. The lowest BCUT2D eigenvalue weighted by Gasteiger charge is -2.49. The molecule has 9 nitrogen and oxygen atoms in total. The van der Waals surface area contributed by atoms with Crippen LogP contribution < -0.4 is 10.0 Å². The Morgan fingerprint density at radius 1 is 1.35 bits per heavy atom. The van der Waals surface area contributed by atoms with Gasteiger partial charge in [0, 0.05) is 49.2 Å². The number of ether oxygens (including phenoxy) is 1. The molecule has 1 aromatic carbocycles. The van der Waals surface area contributed by atoms with E-state index in [1.54, 1.807) is 5.38 Å². The van der Waals surface area contributed by atoms with Crippen molar-refractivity contribution < 1.29 is 22.3 Å². The van der Waals surface area contributed by atoms with Crippen LogP contribution in [0.2, 0.25) is 5.02 Å². The van der Waals surface area contributed by atoms with E-state index in [1.807, 2.05) is 0 Å². The molecule has 2 aromatic rings. The van der Waals surface area contributed by atoms with Crippen LogP contribution in [0.1, 0.15) is 19.3 Å². The maximum Gasteiger partial charge on any atom is 0.293 e. The van der Waals surface area contributed by atoms with Crippen LogP contribution in [0.5, 0.6) is 0 Å². The zero-order valence-corrected chi connectivity index (χ0v) is 21.2. The molecule has 2 aliphatic rings. The molecule has 1 aliphatic carbocycles. The summed E-state index contributed by atoms with van der Waals surface area (Å²) in [5.74, 6) is -0.932. The molecule has 2 heterocycles. The van der Waals surface area contributed by atoms with Gasteiger partial charge in [-0.25, -0.2) is 17.8 Å². The maximum absolute atomic E-state index is 15.0. The van der Waals surface area contributed by atoms with Gasteiger partial charge in [-0.1, -0.05) is 11.6 Å². The van der Waals surface area contributed by atoms with Crippen molar-refractivity contribution in [1.82, 2.24) is 14.8 Å². The van der Waals surface area contributed by atoms with Gasteiger partial charge in [-0.05, 0) is 39.1 Å². The van der Waals surface area contributed by atoms with Crippen molar-refractivity contribution in [1.29, 1.82) is 0 Å². The maximum atomic E-state index is 15.0. The summed E-state index contributed by atoms with van der Waals surface area (Å²) in [6.07, 6.45) is 3.24. The third-order valence-electron chi connectivity index (χ3n) is 6.46. The molecule has 2 fully saturated rings. The van der Waals surface area contributed by atoms with Crippen molar-refractivity contribution in [3.05, 3.63) is 34.5 Å². The Labute approximate surface area is 207 Å². The number of aromatic nitrogens is 1. The minimum Gasteiger partial charge on any atom is -0.465 e. The minimum atomic E-state index is -4.20. The average Bonchev–Trinajstić information content (AvgIpc) is 3.26. The second-order valence-electron chi connectivity index (χ2n) is 8.73. The molecule has 34 heavy (non-hydrogen) atoms. The van der Waals surface area contributed by atoms with Gasteiger partial charge in [-0.2, -0.15) is 0 Å². The fraction of sp³-hybridized carbons (Fsp3) is 0.524. The molecular weight excluding hydrogens is 505 g/mol. The van der Waals surface area contributed by atoms with Gasteiger partial charge in [0.15, 0.2) is 5.13 Å². The molecule has 0 radical (unpaired) electrons. The summed E-state index contributed by atoms with van der Waals surface area (Å²) in [6.45, 7) is 2.37. The fourth-order valence-corrected chi connectivity index (χ4v) is 6.80. The molecule has 1 saturated carbocycles. The minimum absolute atomic E-state index is 0.0733. The van der Waals surface area contributed by atoms with Gasteiger partial charge in [-0.15, -0.1) is 11.3 Å². The van der Waals surface area contributed by atoms with E-state index in [9.17, 15) is 17.6 Å². The first kappa shape index (κ1) is 25.1. The fourth-order valence-electron chi connectivity index (χ4n) is 4.64. The van der Waals surface area contributed by atoms with E-state index in [4.69, 9.17) is 16.3 Å². The van der Waals surface area contributed by atoms with Crippen LogP contribution >= 0.6 is 22.9 Å². The quantitative estimate of drug-likeness (QED) is 0.476. The van der Waals surface area contributed by atoms with Crippen LogP contribution in [-0.2, 0) is 19.6 Å². The topological polar surface area (TPSA) is 104 Å². The number of anilines is 2. The zero-order chi connectivity index (χ0) is 24.5. The number of carbonyl (C=O) groups excluding carboxylic acids is 1. The number of nitrogens with zero attached hydrogens (tertiary/aromatic N) is 3. The van der Waals surface area contributed by atoms with Crippen molar-refractivity contribution in [3.63, 3.8) is 0 Å². The molecule has 1 unspecified atom stereocenters. The lowest BCUT2D eigenvalue weighted by molar-refractivity contribution is -0.135. The first-order valence-electron chi connectivity index (χ1n) is 10.9. The summed E-state index contributed by atoms with van der Waals surface area (Å²) >= 11 is 7.49. The number of likely N-dealkylation sites (N-methyl/N-ethyl adjacent to an activating group) is 2. The number of likely N-dealkylation sites (tertiary alicyclic amines) is 1. The molecule has 0 bridgehead atoms. The van der Waals surface area contributed by atoms with Gasteiger partial charge in [0.05, 0.1) is 10.7 Å². The summed E-state index contributed by atoms with van der Waals surface area (Å²) < 4.78 is 47.7. The van der Waals surface area contributed by atoms with Gasteiger partial charge >= 0.3 is 0 Å². The van der Waals surface area contributed by atoms with Gasteiger partial charge in [0.1, 0.15) is 16.8 Å². The summed E-state index contributed by atoms with van der Waals surface area (Å²) in [6, 6.07) is 2.52. The normalized spacial score (nSPS) is 24.0. The highest BCUT2D eigenvalue weighted by Gasteiger charge is 2.39. The molecule has 2 N–H and O–H groups in total. The van der Waals surface area contributed by atoms with Crippen LogP contribution in [0.25, 0.3) is 0 Å². The number of nitrogens with one attached hydrogen (secondary N) is 2. The van der Waals surface area contributed by atoms with E-state index in [0.717, 1.165) is 49.4 Å². The van der Waals surface area contributed by atoms with E-state index in [1.165, 1.54) is 6.20 Å². The molecule has 1 saturated heterocycles. The molecule has 0 amide bonds. The van der Waals surface area contributed by atoms with E-state index < -0.39 is 20.7 Å². The summed E-state index contributed by atoms with van der Waals surface area (Å²) in [7, 11) is -0.0645. The number of thiazole rings is 1. The van der Waals surface area contributed by atoms with Gasteiger partial charge in [-0.3, -0.25) is 14.4 Å². The Hall–Kier alpha value is -1.99. The number of hydrogen-bond donors (Lipinski definition) is 2. The Morgan fingerprint density at radius 2 is 2.12 bits per heavy atom. The van der Waals surface area contributed by atoms with Crippen LogP contribution in [0, 0.1) is 5.82 Å². The number of benzene rings is 1. The molecule has 0 spiro atoms. The molecule has 1 aliphatic heterocycles. The molecular formula is C21H27ClFN5O4S2. The number of carbonyl (C=O) groups is 1. The first-order valence-corrected chi connectivity index (χ1v) is 13.6. The average molecular weight is 532 g/mol. The molecule has 4 rings (SSSR count). The standard InChI is InChI=1S/C21H27ClFN5O4S2/c1-27-10-13(11-27)28(2)19-4-3-14(32-12-29)7-18(19)25-17-9-16(23)20(8-15(17)22)34(30,31)26-21-24-5-6-33-21/h5-6,8-9,12-14,18-19,25H,3-4,7,10-11H2,1-2H3,(H,24,26)/t14?,18-,19-/m0/s1. The molecule has 186 valence electrons. The summed E-state index contributed by atoms with van der Waals surface area (Å²) in [4.78, 5) is 18.8. The Morgan fingerprint density at radius 3 is 2.76 bits per heavy atom. The summed E-state index contributed by atoms with van der Waals surface area (Å²) in [5, 5.41) is 5.11. The second-order valence-corrected chi connectivity index (χ2v) is 11.7. The lowest BCUT2D eigenvalue weighted by Crippen LogP contribution is -2.62. The Kier molecular flexibility index (Phi) is 7.63. The van der Waals surface area contributed by atoms with Crippen LogP contribution in [-0.4, -0.2) is 81.1 Å². The molecule has 13 heteroatoms. The number of rotatable bonds is 9. The highest BCUT2D eigenvalue weighted by atomic mass is 35.5. The third-order valence-corrected chi connectivity index (χ3v) is 8.95. The summed E-state index contributed by atoms with van der Waals surface area (Å²) in [5.41, 5.74) is 0.285. The highest BCUT2D eigenvalue weighted by molar-refractivity contribution is 7.93. The van der Waals surface area contributed by atoms with E-state index in [0.29, 0.717) is 18.9 Å². The highest BCUT2D eigenvalue weighted by Crippen LogP contribution is 2.34. The monoisotopic (exact) mass is 531 g/mol. The third kappa shape index (κ3) is 5.46. The van der Waals surface area contributed by atoms with E-state index in [-0.39, 0.29) is 34.0 Å². The second kappa shape index (κ2) is 10.3. The first-order chi connectivity index (χ1) is 16.2. The number of hydrogen-bond acceptors (Lipinski definition) is 9. The SMILES string of the molecule is CN1CC(N(C)[C@H]2CCC(OC=O)C[C@@H]2Nc2cc(F)c(S(=O)(=O)Nc3nccs3)cc2Cl)C1. The van der Waals surface area contributed by atoms with Crippen molar-refractivity contribution in [2.75, 3.05) is 37.2 Å². The van der Waals surface area contributed by atoms with Gasteiger partial charge in [0.25, 0.3) is 16.5 Å². The van der Waals surface area contributed by atoms with Crippen molar-refractivity contribution >= 4 is 50.3 Å². The van der Waals surface area contributed by atoms with Crippen LogP contribution in [0.15, 0.2) is 28.6 Å². The van der Waals surface area contributed by atoms with Crippen molar-refractivity contribution in [3.8, 4) is 0 Å². The van der Waals surface area contributed by atoms with Crippen LogP contribution in [0.4, 0.5) is 15.2 Å². The van der Waals surface area contributed by atoms with Crippen molar-refractivity contribution in [2.45, 2.75) is 48.4 Å². The number of halogens is 2. The zero-order valence-electron chi connectivity index (χ0n) is 18.8. The van der Waals surface area contributed by atoms with E-state index in [2.05, 4.69) is 38.9 Å². The van der Waals surface area contributed by atoms with Crippen LogP contribution in [0.3, 0.4) is 0 Å². The van der Waals surface area contributed by atoms with Gasteiger partial charge < -0.3 is 15.0 Å². The smallest absolute Gasteiger partial charge is 0.293 e. The van der Waals surface area contributed by atoms with Gasteiger partial charge in [0.2, 0.25) is 0 Å². The Bertz CT molecular complexity index is 1110. The molecule has 1 aromatic heterocycles. The predicted octanol–water partition coefficient (Wildman–Crippen LogP) is 2.86. The molecule has 3 atom stereocenters. The van der Waals surface area contributed by atoms with Crippen molar-refractivity contribution in [2.24, 2.45) is 0 Å². The Balaban J connectivity index is 1.55. The lowest BCUT2D eigenvalue weighted by atomic mass is 9.85.